The molecule has 0 aromatic heterocycles. The number of nitrogen functional groups attached to an aromatic ring is 1. The second kappa shape index (κ2) is 15.6. The van der Waals surface area contributed by atoms with Gasteiger partial charge >= 0.3 is 18.1 Å². The number of likely N-dealkylation sites (tertiary alicyclic amines) is 1. The van der Waals surface area contributed by atoms with E-state index in [1.807, 2.05) is 4.90 Å². The van der Waals surface area contributed by atoms with Gasteiger partial charge in [0, 0.05) is 48.0 Å². The van der Waals surface area contributed by atoms with E-state index < -0.39 is 35.4 Å². The van der Waals surface area contributed by atoms with Gasteiger partial charge in [0.15, 0.2) is 5.78 Å². The summed E-state index contributed by atoms with van der Waals surface area (Å²) in [6.07, 6.45) is -2.37. The lowest BCUT2D eigenvalue weighted by Gasteiger charge is -2.33. The molecular formula is C32H31F4N3O6. The van der Waals surface area contributed by atoms with Crippen LogP contribution in [0.25, 0.3) is 0 Å². The number of rotatable bonds is 9. The number of carboxylic acids is 2. The highest BCUT2D eigenvalue weighted by atomic mass is 19.4. The van der Waals surface area contributed by atoms with Gasteiger partial charge in [-0.2, -0.15) is 13.2 Å². The molecule has 0 spiro atoms. The van der Waals surface area contributed by atoms with Gasteiger partial charge in [0.1, 0.15) is 5.82 Å². The molecule has 3 aromatic carbocycles. The third kappa shape index (κ3) is 10.3. The van der Waals surface area contributed by atoms with Gasteiger partial charge in [-0.05, 0) is 86.6 Å². The summed E-state index contributed by atoms with van der Waals surface area (Å²) < 4.78 is 54.5. The molecule has 4 N–H and O–H groups in total. The Labute approximate surface area is 256 Å². The molecule has 0 radical (unpaired) electrons. The summed E-state index contributed by atoms with van der Waals surface area (Å²) in [6, 6.07) is 16.5. The number of anilines is 2. The molecule has 1 aliphatic heterocycles. The topological polar surface area (TPSA) is 141 Å². The molecular weight excluding hydrogens is 598 g/mol. The number of halogens is 4. The molecule has 1 amide bonds. The van der Waals surface area contributed by atoms with Crippen LogP contribution < -0.4 is 10.6 Å². The summed E-state index contributed by atoms with van der Waals surface area (Å²) in [4.78, 5) is 48.4. The van der Waals surface area contributed by atoms with Crippen LogP contribution in [0.3, 0.4) is 0 Å². The van der Waals surface area contributed by atoms with Crippen molar-refractivity contribution in [3.05, 3.63) is 107 Å². The summed E-state index contributed by atoms with van der Waals surface area (Å²) in [5, 5.41) is 15.6. The Balaban J connectivity index is 0.000000610. The number of benzene rings is 3. The van der Waals surface area contributed by atoms with E-state index >= 15 is 0 Å². The highest BCUT2D eigenvalue weighted by Gasteiger charge is 2.36. The molecule has 0 unspecified atom stereocenters. The highest BCUT2D eigenvalue weighted by molar-refractivity contribution is 6.06. The zero-order chi connectivity index (χ0) is 33.1. The first-order chi connectivity index (χ1) is 21.3. The lowest BCUT2D eigenvalue weighted by atomic mass is 9.89. The van der Waals surface area contributed by atoms with Crippen molar-refractivity contribution in [3.8, 4) is 0 Å². The average molecular weight is 630 g/mol. The number of carboxylic acid groups (broad SMARTS) is 2. The Morgan fingerprint density at radius 1 is 0.844 bits per heavy atom. The quantitative estimate of drug-likeness (QED) is 0.124. The van der Waals surface area contributed by atoms with Crippen LogP contribution in [0.15, 0.2) is 84.9 Å². The number of nitrogens with zero attached hydrogens (tertiary/aromatic N) is 2. The van der Waals surface area contributed by atoms with Crippen LogP contribution in [0.2, 0.25) is 0 Å². The maximum absolute atomic E-state index is 13.8. The molecule has 0 aliphatic carbocycles. The predicted molar refractivity (Wildman–Crippen MR) is 158 cm³/mol. The number of aliphatic carboxylic acids is 2. The first-order valence-electron chi connectivity index (χ1n) is 13.8. The zero-order valence-electron chi connectivity index (χ0n) is 23.9. The molecule has 9 nitrogen and oxygen atoms in total. The summed E-state index contributed by atoms with van der Waals surface area (Å²) in [7, 11) is 0. The van der Waals surface area contributed by atoms with Crippen molar-refractivity contribution in [1.29, 1.82) is 0 Å². The molecule has 4 rings (SSSR count). The van der Waals surface area contributed by atoms with Crippen LogP contribution in [-0.4, -0.2) is 64.9 Å². The number of carbonyl (C=O) groups is 4. The van der Waals surface area contributed by atoms with E-state index in [-0.39, 0.29) is 29.5 Å². The third-order valence-electron chi connectivity index (χ3n) is 7.00. The number of hydrogen-bond acceptors (Lipinski definition) is 6. The minimum atomic E-state index is -4.63. The third-order valence-corrected chi connectivity index (χ3v) is 7.00. The molecule has 1 saturated heterocycles. The lowest BCUT2D eigenvalue weighted by molar-refractivity contribution is -0.137. The van der Waals surface area contributed by atoms with E-state index in [1.54, 1.807) is 0 Å². The zero-order valence-corrected chi connectivity index (χ0v) is 23.9. The Morgan fingerprint density at radius 3 is 1.91 bits per heavy atom. The summed E-state index contributed by atoms with van der Waals surface area (Å²) in [6.45, 7) is 1.49. The smallest absolute Gasteiger partial charge is 0.418 e. The number of amides is 1. The number of alkyl halides is 3. The number of para-hydroxylation sites is 1. The minimum Gasteiger partial charge on any atom is -0.478 e. The van der Waals surface area contributed by atoms with Crippen LogP contribution in [0.1, 0.15) is 39.1 Å². The number of carbonyl (C=O) groups excluding carboxylic acids is 2. The fourth-order valence-electron chi connectivity index (χ4n) is 4.71. The van der Waals surface area contributed by atoms with Crippen molar-refractivity contribution in [2.75, 3.05) is 36.8 Å². The van der Waals surface area contributed by atoms with E-state index in [1.165, 1.54) is 66.7 Å². The average Bonchev–Trinajstić information content (AvgIpc) is 3.01. The second-order valence-corrected chi connectivity index (χ2v) is 10.1. The monoisotopic (exact) mass is 629 g/mol. The molecule has 1 fully saturated rings. The summed E-state index contributed by atoms with van der Waals surface area (Å²) >= 11 is 0. The first kappa shape index (κ1) is 34.5. The van der Waals surface area contributed by atoms with Gasteiger partial charge in [-0.1, -0.05) is 12.1 Å². The van der Waals surface area contributed by atoms with Crippen LogP contribution >= 0.6 is 0 Å². The van der Waals surface area contributed by atoms with E-state index in [9.17, 15) is 36.7 Å². The highest BCUT2D eigenvalue weighted by Crippen LogP contribution is 2.37. The predicted octanol–water partition coefficient (Wildman–Crippen LogP) is 5.38. The molecule has 3 aromatic rings. The number of ketones is 1. The minimum absolute atomic E-state index is 0.0346. The molecule has 13 heteroatoms. The fourth-order valence-corrected chi connectivity index (χ4v) is 4.71. The van der Waals surface area contributed by atoms with Crippen LogP contribution in [0, 0.1) is 11.7 Å². The number of piperidine rings is 1. The molecule has 0 saturated carbocycles. The van der Waals surface area contributed by atoms with Crippen molar-refractivity contribution in [1.82, 2.24) is 4.90 Å². The molecule has 1 heterocycles. The van der Waals surface area contributed by atoms with Gasteiger partial charge in [-0.15, -0.1) is 0 Å². The maximum Gasteiger partial charge on any atom is 0.418 e. The van der Waals surface area contributed by atoms with Gasteiger partial charge in [-0.3, -0.25) is 9.59 Å². The summed E-state index contributed by atoms with van der Waals surface area (Å²) in [5.74, 6) is -3.73. The van der Waals surface area contributed by atoms with Crippen molar-refractivity contribution >= 4 is 35.0 Å². The van der Waals surface area contributed by atoms with Gasteiger partial charge < -0.3 is 25.7 Å². The molecule has 0 atom stereocenters. The van der Waals surface area contributed by atoms with Crippen LogP contribution in [0.4, 0.5) is 28.9 Å². The van der Waals surface area contributed by atoms with E-state index in [0.717, 1.165) is 11.0 Å². The van der Waals surface area contributed by atoms with Gasteiger partial charge in [0.05, 0.1) is 11.3 Å². The number of nitrogens with two attached hydrogens (primary N) is 1. The van der Waals surface area contributed by atoms with Gasteiger partial charge in [-0.25, -0.2) is 14.0 Å². The SMILES string of the molecule is Nc1ccc(C(=O)N(CCN2CCC(C(=O)c3ccc(F)cc3)CC2)c2ccccc2C(F)(F)F)cc1.O=C(O)/C=C/C(=O)O. The fraction of sp³-hybridized carbons (Fsp3) is 0.250. The molecule has 0 bridgehead atoms. The van der Waals surface area contributed by atoms with E-state index in [2.05, 4.69) is 0 Å². The van der Waals surface area contributed by atoms with Crippen molar-refractivity contribution in [3.63, 3.8) is 0 Å². The normalized spacial score (nSPS) is 14.0. The lowest BCUT2D eigenvalue weighted by Crippen LogP contribution is -2.43. The largest absolute Gasteiger partial charge is 0.478 e. The van der Waals surface area contributed by atoms with Gasteiger partial charge in [0.25, 0.3) is 5.91 Å². The Kier molecular flexibility index (Phi) is 12.0. The Bertz CT molecular complexity index is 1500. The van der Waals surface area contributed by atoms with E-state index in [4.69, 9.17) is 15.9 Å². The van der Waals surface area contributed by atoms with Crippen molar-refractivity contribution in [2.45, 2.75) is 19.0 Å². The van der Waals surface area contributed by atoms with Crippen LogP contribution in [0.5, 0.6) is 0 Å². The van der Waals surface area contributed by atoms with Crippen LogP contribution in [-0.2, 0) is 15.8 Å². The number of hydrogen-bond donors (Lipinski definition) is 3. The van der Waals surface area contributed by atoms with E-state index in [0.29, 0.717) is 55.9 Å². The van der Waals surface area contributed by atoms with Gasteiger partial charge in [0.2, 0.25) is 0 Å². The molecule has 1 aliphatic rings. The standard InChI is InChI=1S/C28H27F4N3O2.C4H4O4/c29-22-9-5-19(6-10-22)26(36)20-13-15-34(16-14-20)17-18-35(27(37)21-7-11-23(33)12-8-21)25-4-2-1-3-24(25)28(30,31)32;5-3(6)1-2-4(7)8/h1-12,20H,13-18,33H2;1-2H,(H,5,6)(H,7,8)/b;2-1+. The van der Waals surface area contributed by atoms with Crippen molar-refractivity contribution in [2.24, 2.45) is 5.92 Å². The second-order valence-electron chi connectivity index (χ2n) is 10.1. The maximum atomic E-state index is 13.8. The van der Waals surface area contributed by atoms with Crippen molar-refractivity contribution < 1.29 is 47.0 Å². The number of Topliss-reactive ketones (excluding diaryl/α,β-unsaturated/α-hetero) is 1. The Hall–Kier alpha value is -5.04. The summed E-state index contributed by atoms with van der Waals surface area (Å²) in [5.41, 5.74) is 5.74. The first-order valence-corrected chi connectivity index (χ1v) is 13.8. The Morgan fingerprint density at radius 2 is 1.38 bits per heavy atom. The molecule has 45 heavy (non-hydrogen) atoms. The molecule has 238 valence electrons.